The van der Waals surface area contributed by atoms with E-state index in [1.54, 1.807) is 6.20 Å². The van der Waals surface area contributed by atoms with Crippen molar-refractivity contribution in [3.05, 3.63) is 35.7 Å². The number of anilines is 1. The van der Waals surface area contributed by atoms with E-state index in [-0.39, 0.29) is 6.04 Å². The van der Waals surface area contributed by atoms with Crippen LogP contribution in [0.5, 0.6) is 0 Å². The van der Waals surface area contributed by atoms with Crippen LogP contribution in [-0.2, 0) is 0 Å². The van der Waals surface area contributed by atoms with E-state index >= 15 is 0 Å². The molecule has 1 aromatic rings. The molecular formula is C13H21N3. The predicted molar refractivity (Wildman–Crippen MR) is 69.1 cm³/mol. The first-order chi connectivity index (χ1) is 7.54. The van der Waals surface area contributed by atoms with Crippen LogP contribution in [0.4, 0.5) is 5.82 Å². The van der Waals surface area contributed by atoms with Gasteiger partial charge in [-0.15, -0.1) is 0 Å². The average Bonchev–Trinajstić information content (AvgIpc) is 2.25. The molecule has 0 saturated carbocycles. The molecule has 0 fully saturated rings. The van der Waals surface area contributed by atoms with Gasteiger partial charge in [0.25, 0.3) is 0 Å². The smallest absolute Gasteiger partial charge is 0.130 e. The van der Waals surface area contributed by atoms with Crippen molar-refractivity contribution in [2.24, 2.45) is 11.7 Å². The van der Waals surface area contributed by atoms with Crippen molar-refractivity contribution in [3.63, 3.8) is 0 Å². The van der Waals surface area contributed by atoms with Crippen molar-refractivity contribution < 1.29 is 0 Å². The Labute approximate surface area is 97.8 Å². The minimum atomic E-state index is 0.0386. The molecule has 3 nitrogen and oxygen atoms in total. The lowest BCUT2D eigenvalue weighted by Gasteiger charge is -2.14. The summed E-state index contributed by atoms with van der Waals surface area (Å²) < 4.78 is 0. The summed E-state index contributed by atoms with van der Waals surface area (Å²) in [7, 11) is 0. The fourth-order valence-electron chi connectivity index (χ4n) is 1.50. The summed E-state index contributed by atoms with van der Waals surface area (Å²) >= 11 is 0. The second-order valence-electron chi connectivity index (χ2n) is 4.29. The minimum Gasteiger partial charge on any atom is -0.344 e. The molecule has 3 heteroatoms. The van der Waals surface area contributed by atoms with Crippen LogP contribution in [-0.4, -0.2) is 4.98 Å². The number of nitrogens with two attached hydrogens (primary N) is 1. The Kier molecular flexibility index (Phi) is 4.50. The lowest BCUT2D eigenvalue weighted by molar-refractivity contribution is 0.769. The maximum Gasteiger partial charge on any atom is 0.130 e. The summed E-state index contributed by atoms with van der Waals surface area (Å²) in [6.45, 7) is 8.30. The van der Waals surface area contributed by atoms with E-state index < -0.39 is 0 Å². The number of allylic oxidation sites excluding steroid dienone is 2. The van der Waals surface area contributed by atoms with Gasteiger partial charge in [-0.1, -0.05) is 19.9 Å². The molecule has 1 aromatic heterocycles. The molecule has 3 N–H and O–H groups in total. The standard InChI is InChI=1S/C13H21N3/c1-5-12(9(2)3)16-13-8-11(10(4)14)6-7-15-13/h5-10H,14H2,1-4H3,(H,15,16)/b12-5+. The maximum atomic E-state index is 5.84. The summed E-state index contributed by atoms with van der Waals surface area (Å²) in [5.74, 6) is 1.32. The minimum absolute atomic E-state index is 0.0386. The van der Waals surface area contributed by atoms with E-state index in [9.17, 15) is 0 Å². The van der Waals surface area contributed by atoms with Gasteiger partial charge in [0.15, 0.2) is 0 Å². The van der Waals surface area contributed by atoms with Crippen LogP contribution in [0, 0.1) is 5.92 Å². The van der Waals surface area contributed by atoms with Crippen LogP contribution >= 0.6 is 0 Å². The summed E-state index contributed by atoms with van der Waals surface area (Å²) in [5, 5.41) is 3.32. The van der Waals surface area contributed by atoms with Crippen LogP contribution in [0.1, 0.15) is 39.3 Å². The molecule has 0 radical (unpaired) electrons. The van der Waals surface area contributed by atoms with Crippen LogP contribution in [0.25, 0.3) is 0 Å². The van der Waals surface area contributed by atoms with E-state index in [0.29, 0.717) is 5.92 Å². The molecular weight excluding hydrogens is 198 g/mol. The topological polar surface area (TPSA) is 50.9 Å². The first-order valence-corrected chi connectivity index (χ1v) is 5.69. The highest BCUT2D eigenvalue weighted by atomic mass is 15.0. The van der Waals surface area contributed by atoms with Gasteiger partial charge in [0, 0.05) is 17.9 Å². The van der Waals surface area contributed by atoms with E-state index in [2.05, 4.69) is 30.2 Å². The maximum absolute atomic E-state index is 5.84. The molecule has 0 aromatic carbocycles. The zero-order valence-electron chi connectivity index (χ0n) is 10.5. The molecule has 0 amide bonds. The van der Waals surface area contributed by atoms with Gasteiger partial charge in [0.05, 0.1) is 0 Å². The highest BCUT2D eigenvalue weighted by Crippen LogP contribution is 2.17. The number of hydrogen-bond donors (Lipinski definition) is 2. The highest BCUT2D eigenvalue weighted by molar-refractivity contribution is 5.44. The highest BCUT2D eigenvalue weighted by Gasteiger charge is 2.05. The molecule has 16 heavy (non-hydrogen) atoms. The molecule has 0 bridgehead atoms. The monoisotopic (exact) mass is 219 g/mol. The van der Waals surface area contributed by atoms with Gasteiger partial charge >= 0.3 is 0 Å². The van der Waals surface area contributed by atoms with Gasteiger partial charge < -0.3 is 11.1 Å². The Morgan fingerprint density at radius 1 is 1.44 bits per heavy atom. The Balaban J connectivity index is 2.85. The van der Waals surface area contributed by atoms with Gasteiger partial charge in [0.2, 0.25) is 0 Å². The molecule has 0 aliphatic rings. The fraction of sp³-hybridized carbons (Fsp3) is 0.462. The molecule has 1 rings (SSSR count). The molecule has 1 heterocycles. The van der Waals surface area contributed by atoms with E-state index in [4.69, 9.17) is 5.73 Å². The third-order valence-corrected chi connectivity index (χ3v) is 2.52. The number of pyridine rings is 1. The third kappa shape index (κ3) is 3.35. The number of aromatic nitrogens is 1. The van der Waals surface area contributed by atoms with E-state index in [1.807, 2.05) is 26.0 Å². The zero-order chi connectivity index (χ0) is 12.1. The summed E-state index contributed by atoms with van der Waals surface area (Å²) in [6, 6.07) is 3.98. The van der Waals surface area contributed by atoms with Crippen molar-refractivity contribution >= 4 is 5.82 Å². The van der Waals surface area contributed by atoms with Crippen LogP contribution < -0.4 is 11.1 Å². The van der Waals surface area contributed by atoms with Crippen LogP contribution in [0.2, 0.25) is 0 Å². The number of nitrogens with zero attached hydrogens (tertiary/aromatic N) is 1. The van der Waals surface area contributed by atoms with Gasteiger partial charge in [0.1, 0.15) is 5.82 Å². The van der Waals surface area contributed by atoms with Crippen molar-refractivity contribution in [3.8, 4) is 0 Å². The molecule has 0 spiro atoms. The van der Waals surface area contributed by atoms with Crippen molar-refractivity contribution in [2.45, 2.75) is 33.7 Å². The Hall–Kier alpha value is -1.35. The fourth-order valence-corrected chi connectivity index (χ4v) is 1.50. The van der Waals surface area contributed by atoms with E-state index in [0.717, 1.165) is 11.4 Å². The molecule has 0 saturated heterocycles. The molecule has 0 aliphatic heterocycles. The van der Waals surface area contributed by atoms with Crippen molar-refractivity contribution in [1.29, 1.82) is 0 Å². The van der Waals surface area contributed by atoms with Gasteiger partial charge in [-0.05, 0) is 37.5 Å². The normalized spacial score (nSPS) is 14.0. The van der Waals surface area contributed by atoms with Gasteiger partial charge in [-0.2, -0.15) is 0 Å². The number of hydrogen-bond acceptors (Lipinski definition) is 3. The molecule has 88 valence electrons. The second kappa shape index (κ2) is 5.66. The summed E-state index contributed by atoms with van der Waals surface area (Å²) in [6.07, 6.45) is 3.86. The van der Waals surface area contributed by atoms with Crippen LogP contribution in [0.3, 0.4) is 0 Å². The number of nitrogens with one attached hydrogen (secondary N) is 1. The van der Waals surface area contributed by atoms with Crippen molar-refractivity contribution in [2.75, 3.05) is 5.32 Å². The Bertz CT molecular complexity index is 367. The van der Waals surface area contributed by atoms with Gasteiger partial charge in [-0.25, -0.2) is 4.98 Å². The summed E-state index contributed by atoms with van der Waals surface area (Å²) in [5.41, 5.74) is 8.11. The number of rotatable bonds is 4. The molecule has 1 unspecified atom stereocenters. The first-order valence-electron chi connectivity index (χ1n) is 5.69. The average molecular weight is 219 g/mol. The molecule has 1 atom stereocenters. The van der Waals surface area contributed by atoms with E-state index in [1.165, 1.54) is 5.70 Å². The zero-order valence-corrected chi connectivity index (χ0v) is 10.5. The Morgan fingerprint density at radius 3 is 2.62 bits per heavy atom. The predicted octanol–water partition coefficient (Wildman–Crippen LogP) is 3.07. The SMILES string of the molecule is C/C=C(/Nc1cc(C(C)N)ccn1)C(C)C. The quantitative estimate of drug-likeness (QED) is 0.818. The summed E-state index contributed by atoms with van der Waals surface area (Å²) in [4.78, 5) is 4.28. The largest absolute Gasteiger partial charge is 0.344 e. The second-order valence-corrected chi connectivity index (χ2v) is 4.29. The first kappa shape index (κ1) is 12.7. The van der Waals surface area contributed by atoms with Crippen molar-refractivity contribution in [1.82, 2.24) is 4.98 Å². The molecule has 0 aliphatic carbocycles. The lowest BCUT2D eigenvalue weighted by Crippen LogP contribution is -2.09. The Morgan fingerprint density at radius 2 is 2.12 bits per heavy atom. The van der Waals surface area contributed by atoms with Gasteiger partial charge in [-0.3, -0.25) is 0 Å². The van der Waals surface area contributed by atoms with Crippen LogP contribution in [0.15, 0.2) is 30.1 Å². The third-order valence-electron chi connectivity index (χ3n) is 2.52. The lowest BCUT2D eigenvalue weighted by atomic mass is 10.1.